The van der Waals surface area contributed by atoms with Crippen molar-refractivity contribution in [2.75, 3.05) is 24.2 Å². The fraction of sp³-hybridized carbons (Fsp3) is 0.364. The van der Waals surface area contributed by atoms with E-state index in [2.05, 4.69) is 25.7 Å². The first kappa shape index (κ1) is 12.6. The van der Waals surface area contributed by atoms with Crippen LogP contribution in [0, 0.1) is 6.92 Å². The van der Waals surface area contributed by atoms with E-state index in [9.17, 15) is 0 Å². The molecule has 2 aromatic heterocycles. The molecule has 2 heterocycles. The molecule has 0 radical (unpaired) electrons. The second kappa shape index (κ2) is 5.68. The average Bonchev–Trinajstić information content (AvgIpc) is 2.77. The van der Waals surface area contributed by atoms with Crippen molar-refractivity contribution in [3.05, 3.63) is 29.2 Å². The van der Waals surface area contributed by atoms with Gasteiger partial charge in [-0.25, -0.2) is 4.98 Å². The highest BCUT2D eigenvalue weighted by atomic mass is 35.5. The van der Waals surface area contributed by atoms with Gasteiger partial charge < -0.3 is 10.6 Å². The summed E-state index contributed by atoms with van der Waals surface area (Å²) < 4.78 is 1.87. The van der Waals surface area contributed by atoms with Crippen LogP contribution in [0.2, 0.25) is 5.02 Å². The lowest BCUT2D eigenvalue weighted by Gasteiger charge is -2.08. The molecule has 0 aliphatic rings. The lowest BCUT2D eigenvalue weighted by Crippen LogP contribution is -2.12. The van der Waals surface area contributed by atoms with Gasteiger partial charge in [-0.2, -0.15) is 10.1 Å². The van der Waals surface area contributed by atoms with Crippen molar-refractivity contribution in [3.8, 4) is 0 Å². The van der Waals surface area contributed by atoms with Gasteiger partial charge in [-0.1, -0.05) is 11.6 Å². The molecule has 96 valence electrons. The van der Waals surface area contributed by atoms with E-state index in [1.807, 2.05) is 24.0 Å². The first-order chi connectivity index (χ1) is 8.69. The first-order valence-electron chi connectivity index (χ1n) is 5.62. The summed E-state index contributed by atoms with van der Waals surface area (Å²) in [4.78, 5) is 8.25. The van der Waals surface area contributed by atoms with Crippen LogP contribution in [0.15, 0.2) is 18.6 Å². The molecule has 0 fully saturated rings. The summed E-state index contributed by atoms with van der Waals surface area (Å²) in [7, 11) is 1.76. The Hall–Kier alpha value is -1.82. The van der Waals surface area contributed by atoms with E-state index in [0.29, 0.717) is 23.3 Å². The van der Waals surface area contributed by atoms with Gasteiger partial charge in [0.25, 0.3) is 0 Å². The van der Waals surface area contributed by atoms with E-state index in [1.165, 1.54) is 0 Å². The zero-order valence-corrected chi connectivity index (χ0v) is 11.1. The molecule has 0 aliphatic heterocycles. The molecule has 2 rings (SSSR count). The van der Waals surface area contributed by atoms with Crippen LogP contribution < -0.4 is 10.6 Å². The van der Waals surface area contributed by atoms with E-state index < -0.39 is 0 Å². The van der Waals surface area contributed by atoms with Crippen molar-refractivity contribution in [1.29, 1.82) is 0 Å². The fourth-order valence-corrected chi connectivity index (χ4v) is 1.65. The third-order valence-corrected chi connectivity index (χ3v) is 2.64. The van der Waals surface area contributed by atoms with Gasteiger partial charge in [-0.3, -0.25) is 4.68 Å². The number of nitrogens with one attached hydrogen (secondary N) is 2. The van der Waals surface area contributed by atoms with Crippen molar-refractivity contribution in [1.82, 2.24) is 19.7 Å². The molecule has 0 bridgehead atoms. The van der Waals surface area contributed by atoms with Gasteiger partial charge in [0, 0.05) is 19.8 Å². The summed E-state index contributed by atoms with van der Waals surface area (Å²) in [5.74, 6) is 1.16. The largest absolute Gasteiger partial charge is 0.367 e. The van der Waals surface area contributed by atoms with E-state index >= 15 is 0 Å². The van der Waals surface area contributed by atoms with Gasteiger partial charge in [0.05, 0.1) is 18.9 Å². The average molecular weight is 267 g/mol. The summed E-state index contributed by atoms with van der Waals surface area (Å²) in [5.41, 5.74) is 1.15. The molecular weight excluding hydrogens is 252 g/mol. The fourth-order valence-electron chi connectivity index (χ4n) is 1.49. The molecular formula is C11H15ClN6. The molecule has 7 heteroatoms. The van der Waals surface area contributed by atoms with Crippen LogP contribution >= 0.6 is 11.6 Å². The molecule has 0 aromatic carbocycles. The Morgan fingerprint density at radius 3 is 2.89 bits per heavy atom. The van der Waals surface area contributed by atoms with Crippen LogP contribution in [0.5, 0.6) is 0 Å². The number of anilines is 2. The highest BCUT2D eigenvalue weighted by Gasteiger charge is 2.04. The van der Waals surface area contributed by atoms with Crippen LogP contribution in [0.4, 0.5) is 11.8 Å². The van der Waals surface area contributed by atoms with Crippen molar-refractivity contribution < 1.29 is 0 Å². The van der Waals surface area contributed by atoms with Crippen molar-refractivity contribution in [2.45, 2.75) is 13.5 Å². The summed E-state index contributed by atoms with van der Waals surface area (Å²) in [6, 6.07) is 0. The van der Waals surface area contributed by atoms with Gasteiger partial charge >= 0.3 is 0 Å². The number of nitrogens with zero attached hydrogens (tertiary/aromatic N) is 4. The van der Waals surface area contributed by atoms with E-state index in [4.69, 9.17) is 11.6 Å². The molecule has 0 saturated heterocycles. The van der Waals surface area contributed by atoms with Crippen LogP contribution in [0.3, 0.4) is 0 Å². The van der Waals surface area contributed by atoms with Crippen molar-refractivity contribution in [2.24, 2.45) is 0 Å². The van der Waals surface area contributed by atoms with Gasteiger partial charge in [0.15, 0.2) is 5.82 Å². The number of hydrogen-bond donors (Lipinski definition) is 2. The number of aryl methyl sites for hydroxylation is 1. The van der Waals surface area contributed by atoms with E-state index in [-0.39, 0.29) is 0 Å². The lowest BCUT2D eigenvalue weighted by molar-refractivity contribution is 0.636. The minimum atomic E-state index is 0.505. The molecule has 0 aliphatic carbocycles. The monoisotopic (exact) mass is 266 g/mol. The number of aromatic nitrogens is 4. The van der Waals surface area contributed by atoms with Gasteiger partial charge in [0.1, 0.15) is 5.02 Å². The molecule has 18 heavy (non-hydrogen) atoms. The predicted molar refractivity (Wildman–Crippen MR) is 72.0 cm³/mol. The maximum Gasteiger partial charge on any atom is 0.224 e. The number of halogens is 1. The minimum absolute atomic E-state index is 0.505. The van der Waals surface area contributed by atoms with Gasteiger partial charge in [-0.15, -0.1) is 0 Å². The zero-order valence-electron chi connectivity index (χ0n) is 10.3. The lowest BCUT2D eigenvalue weighted by atomic mass is 10.4. The quantitative estimate of drug-likeness (QED) is 0.864. The van der Waals surface area contributed by atoms with Gasteiger partial charge in [-0.05, 0) is 12.5 Å². The highest BCUT2D eigenvalue weighted by Crippen LogP contribution is 2.18. The third-order valence-electron chi connectivity index (χ3n) is 2.36. The zero-order chi connectivity index (χ0) is 13.0. The summed E-state index contributed by atoms with van der Waals surface area (Å²) >= 11 is 6.00. The van der Waals surface area contributed by atoms with Gasteiger partial charge in [0.2, 0.25) is 5.95 Å². The SMILES string of the molecule is CNc1ncc(Cl)c(NCCn2cc(C)cn2)n1. The maximum absolute atomic E-state index is 6.00. The Kier molecular flexibility index (Phi) is 3.99. The Balaban J connectivity index is 1.93. The normalized spacial score (nSPS) is 10.4. The Labute approximate surface area is 110 Å². The molecule has 0 saturated carbocycles. The highest BCUT2D eigenvalue weighted by molar-refractivity contribution is 6.32. The molecule has 2 aromatic rings. The Bertz CT molecular complexity index is 524. The molecule has 0 unspecified atom stereocenters. The summed E-state index contributed by atoms with van der Waals surface area (Å²) in [6.45, 7) is 3.46. The second-order valence-corrected chi connectivity index (χ2v) is 4.25. The topological polar surface area (TPSA) is 67.7 Å². The summed E-state index contributed by atoms with van der Waals surface area (Å²) in [5, 5.41) is 10.7. The van der Waals surface area contributed by atoms with Crippen LogP contribution in [-0.2, 0) is 6.54 Å². The van der Waals surface area contributed by atoms with Crippen molar-refractivity contribution in [3.63, 3.8) is 0 Å². The van der Waals surface area contributed by atoms with E-state index in [0.717, 1.165) is 12.1 Å². The van der Waals surface area contributed by atoms with Crippen LogP contribution in [0.1, 0.15) is 5.56 Å². The molecule has 6 nitrogen and oxygen atoms in total. The smallest absolute Gasteiger partial charge is 0.224 e. The first-order valence-corrected chi connectivity index (χ1v) is 6.00. The standard InChI is InChI=1S/C11H15ClN6/c1-8-5-16-18(7-8)4-3-14-10-9(12)6-15-11(13-2)17-10/h5-7H,3-4H2,1-2H3,(H2,13,14,15,17). The van der Waals surface area contributed by atoms with Crippen molar-refractivity contribution >= 4 is 23.4 Å². The number of hydrogen-bond acceptors (Lipinski definition) is 5. The molecule has 2 N–H and O–H groups in total. The summed E-state index contributed by atoms with van der Waals surface area (Å²) in [6.07, 6.45) is 5.39. The minimum Gasteiger partial charge on any atom is -0.367 e. The van der Waals surface area contributed by atoms with Crippen LogP contribution in [0.25, 0.3) is 0 Å². The number of rotatable bonds is 5. The van der Waals surface area contributed by atoms with E-state index in [1.54, 1.807) is 13.2 Å². The molecule has 0 amide bonds. The van der Waals surface area contributed by atoms with Crippen LogP contribution in [-0.4, -0.2) is 33.3 Å². The molecule has 0 spiro atoms. The third kappa shape index (κ3) is 3.10. The predicted octanol–water partition coefficient (Wildman–Crippen LogP) is 1.79. The Morgan fingerprint density at radius 2 is 2.22 bits per heavy atom. The maximum atomic E-state index is 6.00. The molecule has 0 atom stereocenters. The second-order valence-electron chi connectivity index (χ2n) is 3.85. The Morgan fingerprint density at radius 1 is 1.39 bits per heavy atom.